The molecule has 20 heavy (non-hydrogen) atoms. The molecule has 1 fully saturated rings. The summed E-state index contributed by atoms with van der Waals surface area (Å²) in [5.41, 5.74) is 1.15. The lowest BCUT2D eigenvalue weighted by atomic mass is 10.0. The molecule has 1 aliphatic heterocycles. The van der Waals surface area contributed by atoms with Crippen molar-refractivity contribution in [1.82, 2.24) is 0 Å². The predicted octanol–water partition coefficient (Wildman–Crippen LogP) is 3.55. The van der Waals surface area contributed by atoms with Crippen molar-refractivity contribution in [1.29, 1.82) is 0 Å². The van der Waals surface area contributed by atoms with Crippen molar-refractivity contribution in [2.24, 2.45) is 5.92 Å². The van der Waals surface area contributed by atoms with Gasteiger partial charge in [-0.25, -0.2) is 9.18 Å². The Morgan fingerprint density at radius 1 is 1.50 bits per heavy atom. The number of benzene rings is 1. The van der Waals surface area contributed by atoms with E-state index < -0.39 is 5.97 Å². The van der Waals surface area contributed by atoms with Gasteiger partial charge in [0, 0.05) is 29.9 Å². The van der Waals surface area contributed by atoms with Crippen LogP contribution in [0.25, 0.3) is 6.08 Å². The largest absolute Gasteiger partial charge is 0.478 e. The highest BCUT2D eigenvalue weighted by atomic mass is 19.1. The molecule has 1 saturated heterocycles. The molecule has 0 radical (unpaired) electrons. The standard InChI is InChI=1S/C16H20FNO2/c1-11(2)14-7-4-10-18(14)15-6-3-5-13(17)12(15)8-9-16(19)20/h3,5-6,8-9,11,14H,4,7,10H2,1-2H3,(H,19,20)/b9-8+. The van der Waals surface area contributed by atoms with E-state index in [0.29, 0.717) is 17.5 Å². The van der Waals surface area contributed by atoms with E-state index in [4.69, 9.17) is 5.11 Å². The van der Waals surface area contributed by atoms with Crippen LogP contribution in [0.2, 0.25) is 0 Å². The molecule has 0 spiro atoms. The molecule has 0 amide bonds. The number of carboxylic acid groups (broad SMARTS) is 1. The first kappa shape index (κ1) is 14.6. The van der Waals surface area contributed by atoms with Gasteiger partial charge in [0.25, 0.3) is 0 Å². The highest BCUT2D eigenvalue weighted by Gasteiger charge is 2.28. The Kier molecular flexibility index (Phi) is 4.42. The van der Waals surface area contributed by atoms with Crippen molar-refractivity contribution in [3.63, 3.8) is 0 Å². The minimum Gasteiger partial charge on any atom is -0.478 e. The predicted molar refractivity (Wildman–Crippen MR) is 78.3 cm³/mol. The first-order chi connectivity index (χ1) is 9.50. The Morgan fingerprint density at radius 2 is 2.25 bits per heavy atom. The van der Waals surface area contributed by atoms with Crippen LogP contribution in [0.3, 0.4) is 0 Å². The fraction of sp³-hybridized carbons (Fsp3) is 0.438. The lowest BCUT2D eigenvalue weighted by Gasteiger charge is -2.31. The maximum absolute atomic E-state index is 14.0. The van der Waals surface area contributed by atoms with Gasteiger partial charge < -0.3 is 10.0 Å². The van der Waals surface area contributed by atoms with E-state index in [-0.39, 0.29) is 5.82 Å². The molecule has 3 nitrogen and oxygen atoms in total. The van der Waals surface area contributed by atoms with E-state index in [2.05, 4.69) is 18.7 Å². The number of carbonyl (C=O) groups is 1. The Bertz CT molecular complexity index is 525. The number of halogens is 1. The van der Waals surface area contributed by atoms with Crippen molar-refractivity contribution < 1.29 is 14.3 Å². The van der Waals surface area contributed by atoms with Crippen LogP contribution in [0.4, 0.5) is 10.1 Å². The number of carboxylic acids is 1. The van der Waals surface area contributed by atoms with Crippen LogP contribution in [0.5, 0.6) is 0 Å². The smallest absolute Gasteiger partial charge is 0.328 e. The summed E-state index contributed by atoms with van der Waals surface area (Å²) in [5.74, 6) is -0.965. The van der Waals surface area contributed by atoms with Gasteiger partial charge >= 0.3 is 5.97 Å². The lowest BCUT2D eigenvalue weighted by Crippen LogP contribution is -2.33. The lowest BCUT2D eigenvalue weighted by molar-refractivity contribution is -0.131. The van der Waals surface area contributed by atoms with Crippen molar-refractivity contribution in [2.75, 3.05) is 11.4 Å². The van der Waals surface area contributed by atoms with Crippen molar-refractivity contribution >= 4 is 17.7 Å². The molecule has 1 N–H and O–H groups in total. The second-order valence-corrected chi connectivity index (χ2v) is 5.49. The molecule has 1 aliphatic rings. The summed E-state index contributed by atoms with van der Waals surface area (Å²) in [7, 11) is 0. The molecule has 0 aliphatic carbocycles. The minimum atomic E-state index is -1.07. The van der Waals surface area contributed by atoms with Crippen LogP contribution < -0.4 is 4.90 Å². The number of hydrogen-bond donors (Lipinski definition) is 1. The maximum Gasteiger partial charge on any atom is 0.328 e. The average molecular weight is 277 g/mol. The van der Waals surface area contributed by atoms with Crippen LogP contribution in [0.1, 0.15) is 32.3 Å². The van der Waals surface area contributed by atoms with Crippen LogP contribution >= 0.6 is 0 Å². The molecular weight excluding hydrogens is 257 g/mol. The molecule has 1 unspecified atom stereocenters. The van der Waals surface area contributed by atoms with E-state index >= 15 is 0 Å². The summed E-state index contributed by atoms with van der Waals surface area (Å²) >= 11 is 0. The summed E-state index contributed by atoms with van der Waals surface area (Å²) < 4.78 is 14.0. The van der Waals surface area contributed by atoms with Gasteiger partial charge in [-0.1, -0.05) is 19.9 Å². The number of nitrogens with zero attached hydrogens (tertiary/aromatic N) is 1. The minimum absolute atomic E-state index is 0.363. The number of rotatable bonds is 4. The average Bonchev–Trinajstić information content (AvgIpc) is 2.86. The Labute approximate surface area is 118 Å². The first-order valence-corrected chi connectivity index (χ1v) is 6.97. The van der Waals surface area contributed by atoms with Crippen molar-refractivity contribution in [3.8, 4) is 0 Å². The summed E-state index contributed by atoms with van der Waals surface area (Å²) in [4.78, 5) is 12.9. The van der Waals surface area contributed by atoms with Crippen LogP contribution in [-0.4, -0.2) is 23.7 Å². The van der Waals surface area contributed by atoms with Crippen LogP contribution in [0.15, 0.2) is 24.3 Å². The Hall–Kier alpha value is -1.84. The zero-order valence-corrected chi connectivity index (χ0v) is 11.8. The van der Waals surface area contributed by atoms with Crippen molar-refractivity contribution in [2.45, 2.75) is 32.7 Å². The maximum atomic E-state index is 14.0. The van der Waals surface area contributed by atoms with Gasteiger partial charge in [0.1, 0.15) is 5.82 Å². The van der Waals surface area contributed by atoms with E-state index in [1.807, 2.05) is 6.07 Å². The molecule has 4 heteroatoms. The van der Waals surface area contributed by atoms with Gasteiger partial charge in [-0.2, -0.15) is 0 Å². The van der Waals surface area contributed by atoms with E-state index in [1.54, 1.807) is 6.07 Å². The molecule has 1 aromatic carbocycles. The third-order valence-electron chi connectivity index (χ3n) is 3.80. The van der Waals surface area contributed by atoms with Gasteiger partial charge in [-0.05, 0) is 37.0 Å². The number of aliphatic carboxylic acids is 1. The van der Waals surface area contributed by atoms with Crippen molar-refractivity contribution in [3.05, 3.63) is 35.7 Å². The van der Waals surface area contributed by atoms with Gasteiger partial charge in [-0.15, -0.1) is 0 Å². The van der Waals surface area contributed by atoms with E-state index in [0.717, 1.165) is 31.1 Å². The Morgan fingerprint density at radius 3 is 2.90 bits per heavy atom. The van der Waals surface area contributed by atoms with Crippen LogP contribution in [-0.2, 0) is 4.79 Å². The molecule has 0 aromatic heterocycles. The zero-order valence-electron chi connectivity index (χ0n) is 11.8. The topological polar surface area (TPSA) is 40.5 Å². The highest BCUT2D eigenvalue weighted by molar-refractivity contribution is 5.87. The van der Waals surface area contributed by atoms with Gasteiger partial charge in [0.05, 0.1) is 0 Å². The van der Waals surface area contributed by atoms with E-state index in [9.17, 15) is 9.18 Å². The summed E-state index contributed by atoms with van der Waals surface area (Å²) in [5, 5.41) is 8.74. The first-order valence-electron chi connectivity index (χ1n) is 6.97. The molecule has 108 valence electrons. The van der Waals surface area contributed by atoms with Gasteiger partial charge in [0.15, 0.2) is 0 Å². The molecular formula is C16H20FNO2. The summed E-state index contributed by atoms with van der Waals surface area (Å²) in [6.45, 7) is 5.21. The molecule has 0 saturated carbocycles. The molecule has 1 atom stereocenters. The molecule has 2 rings (SSSR count). The highest BCUT2D eigenvalue weighted by Crippen LogP contribution is 2.33. The van der Waals surface area contributed by atoms with Gasteiger partial charge in [0.2, 0.25) is 0 Å². The third-order valence-corrected chi connectivity index (χ3v) is 3.80. The Balaban J connectivity index is 2.41. The second kappa shape index (κ2) is 6.07. The second-order valence-electron chi connectivity index (χ2n) is 5.49. The normalized spacial score (nSPS) is 19.2. The number of hydrogen-bond acceptors (Lipinski definition) is 2. The fourth-order valence-corrected chi connectivity index (χ4v) is 2.88. The third kappa shape index (κ3) is 3.00. The summed E-state index contributed by atoms with van der Waals surface area (Å²) in [6, 6.07) is 5.30. The van der Waals surface area contributed by atoms with Gasteiger partial charge in [-0.3, -0.25) is 0 Å². The zero-order chi connectivity index (χ0) is 14.7. The monoisotopic (exact) mass is 277 g/mol. The molecule has 0 bridgehead atoms. The summed E-state index contributed by atoms with van der Waals surface area (Å²) in [6.07, 6.45) is 4.52. The van der Waals surface area contributed by atoms with E-state index in [1.165, 1.54) is 12.1 Å². The quantitative estimate of drug-likeness (QED) is 0.856. The SMILES string of the molecule is CC(C)C1CCCN1c1cccc(F)c1/C=C/C(=O)O. The number of anilines is 1. The fourth-order valence-electron chi connectivity index (χ4n) is 2.88. The van der Waals surface area contributed by atoms with Crippen LogP contribution in [0, 0.1) is 11.7 Å². The molecule has 1 heterocycles. The molecule has 1 aromatic rings.